The van der Waals surface area contributed by atoms with Crippen LogP contribution in [0.3, 0.4) is 0 Å². The molecule has 0 aromatic rings. The molecule has 0 radical (unpaired) electrons. The van der Waals surface area contributed by atoms with Gasteiger partial charge in [-0.25, -0.2) is 0 Å². The van der Waals surface area contributed by atoms with Crippen LogP contribution in [0.1, 0.15) is 59.8 Å². The van der Waals surface area contributed by atoms with Gasteiger partial charge in [0.15, 0.2) is 0 Å². The lowest BCUT2D eigenvalue weighted by molar-refractivity contribution is 0.292. The van der Waals surface area contributed by atoms with E-state index in [2.05, 4.69) is 33.0 Å². The van der Waals surface area contributed by atoms with Crippen molar-refractivity contribution in [2.75, 3.05) is 6.54 Å². The van der Waals surface area contributed by atoms with E-state index in [4.69, 9.17) is 0 Å². The largest absolute Gasteiger partial charge is 0.314 e. The van der Waals surface area contributed by atoms with Crippen LogP contribution in [0.5, 0.6) is 0 Å². The molecule has 1 fully saturated rings. The highest BCUT2D eigenvalue weighted by molar-refractivity contribution is 4.82. The molecule has 0 spiro atoms. The quantitative estimate of drug-likeness (QED) is 0.686. The second kappa shape index (κ2) is 5.16. The maximum absolute atomic E-state index is 3.70. The third kappa shape index (κ3) is 5.64. The summed E-state index contributed by atoms with van der Waals surface area (Å²) in [6.45, 7) is 10.5. The Bertz CT molecular complexity index is 153. The van der Waals surface area contributed by atoms with Crippen LogP contribution >= 0.6 is 0 Å². The molecule has 1 nitrogen and oxygen atoms in total. The van der Waals surface area contributed by atoms with E-state index in [1.807, 2.05) is 0 Å². The van der Waals surface area contributed by atoms with E-state index >= 15 is 0 Å². The zero-order chi connectivity index (χ0) is 10.6. The van der Waals surface area contributed by atoms with E-state index in [0.29, 0.717) is 5.41 Å². The molecular formula is C13H27N. The van der Waals surface area contributed by atoms with E-state index in [1.54, 1.807) is 0 Å². The van der Waals surface area contributed by atoms with Crippen LogP contribution in [0.4, 0.5) is 0 Å². The Labute approximate surface area is 89.7 Å². The Morgan fingerprint density at radius 2 is 1.93 bits per heavy atom. The second-order valence-electron chi connectivity index (χ2n) is 6.09. The van der Waals surface area contributed by atoms with E-state index in [-0.39, 0.29) is 0 Å². The summed E-state index contributed by atoms with van der Waals surface area (Å²) in [6, 6.07) is 0.766. The monoisotopic (exact) mass is 197 g/mol. The first-order valence-electron chi connectivity index (χ1n) is 6.24. The zero-order valence-corrected chi connectivity index (χ0v) is 10.4. The fourth-order valence-electron chi connectivity index (χ4n) is 2.08. The molecule has 1 saturated carbocycles. The fourth-order valence-corrected chi connectivity index (χ4v) is 2.08. The fraction of sp³-hybridized carbons (Fsp3) is 1.00. The lowest BCUT2D eigenvalue weighted by Gasteiger charge is -2.27. The summed E-state index contributed by atoms with van der Waals surface area (Å²) in [5, 5.41) is 3.70. The zero-order valence-electron chi connectivity index (χ0n) is 10.4. The molecule has 0 aliphatic heterocycles. The van der Waals surface area contributed by atoms with Gasteiger partial charge in [-0.3, -0.25) is 0 Å². The summed E-state index contributed by atoms with van der Waals surface area (Å²) in [6.07, 6.45) is 6.95. The van der Waals surface area contributed by atoms with Gasteiger partial charge in [0.2, 0.25) is 0 Å². The average Bonchev–Trinajstić information content (AvgIpc) is 2.81. The van der Waals surface area contributed by atoms with Crippen molar-refractivity contribution in [3.8, 4) is 0 Å². The Morgan fingerprint density at radius 1 is 1.29 bits per heavy atom. The number of hydrogen-bond donors (Lipinski definition) is 1. The predicted octanol–water partition coefficient (Wildman–Crippen LogP) is 3.59. The van der Waals surface area contributed by atoms with E-state index < -0.39 is 0 Å². The topological polar surface area (TPSA) is 12.0 Å². The minimum absolute atomic E-state index is 0.473. The molecule has 1 heteroatoms. The average molecular weight is 197 g/mol. The molecule has 1 unspecified atom stereocenters. The van der Waals surface area contributed by atoms with Crippen LogP contribution in [0.2, 0.25) is 0 Å². The minimum atomic E-state index is 0.473. The van der Waals surface area contributed by atoms with Gasteiger partial charge in [-0.15, -0.1) is 0 Å². The summed E-state index contributed by atoms with van der Waals surface area (Å²) in [5.74, 6) is 1.05. The third-order valence-corrected chi connectivity index (χ3v) is 2.86. The van der Waals surface area contributed by atoms with Crippen LogP contribution in [0, 0.1) is 11.3 Å². The molecule has 1 N–H and O–H groups in total. The minimum Gasteiger partial charge on any atom is -0.314 e. The van der Waals surface area contributed by atoms with Gasteiger partial charge >= 0.3 is 0 Å². The number of nitrogens with one attached hydrogen (secondary N) is 1. The SMILES string of the molecule is CCCNC(CC1CC1)CC(C)(C)C. The Morgan fingerprint density at radius 3 is 2.36 bits per heavy atom. The first-order chi connectivity index (χ1) is 6.51. The molecule has 1 atom stereocenters. The number of hydrogen-bond acceptors (Lipinski definition) is 1. The van der Waals surface area contributed by atoms with Gasteiger partial charge in [0.05, 0.1) is 0 Å². The van der Waals surface area contributed by atoms with Crippen molar-refractivity contribution in [2.24, 2.45) is 11.3 Å². The van der Waals surface area contributed by atoms with Gasteiger partial charge in [-0.05, 0) is 37.1 Å². The number of rotatable bonds is 6. The molecule has 1 aliphatic rings. The van der Waals surface area contributed by atoms with Crippen LogP contribution in [0.15, 0.2) is 0 Å². The molecule has 0 aromatic heterocycles. The summed E-state index contributed by atoms with van der Waals surface area (Å²) in [4.78, 5) is 0. The van der Waals surface area contributed by atoms with Gasteiger partial charge < -0.3 is 5.32 Å². The standard InChI is InChI=1S/C13H27N/c1-5-8-14-12(9-11-6-7-11)10-13(2,3)4/h11-12,14H,5-10H2,1-4H3. The molecule has 0 saturated heterocycles. The van der Waals surface area contributed by atoms with E-state index in [9.17, 15) is 0 Å². The van der Waals surface area contributed by atoms with E-state index in [0.717, 1.165) is 12.0 Å². The highest BCUT2D eigenvalue weighted by atomic mass is 14.9. The predicted molar refractivity (Wildman–Crippen MR) is 63.5 cm³/mol. The molecule has 84 valence electrons. The van der Waals surface area contributed by atoms with Gasteiger partial charge in [0.1, 0.15) is 0 Å². The van der Waals surface area contributed by atoms with Crippen molar-refractivity contribution in [1.29, 1.82) is 0 Å². The molecule has 0 amide bonds. The lowest BCUT2D eigenvalue weighted by Crippen LogP contribution is -2.33. The summed E-state index contributed by atoms with van der Waals surface area (Å²) in [7, 11) is 0. The van der Waals surface area contributed by atoms with Crippen LogP contribution in [-0.4, -0.2) is 12.6 Å². The maximum Gasteiger partial charge on any atom is 0.00746 e. The molecular weight excluding hydrogens is 170 g/mol. The lowest BCUT2D eigenvalue weighted by atomic mass is 9.86. The molecule has 0 aromatic carbocycles. The maximum atomic E-state index is 3.70. The Kier molecular flexibility index (Phi) is 4.43. The Balaban J connectivity index is 2.26. The van der Waals surface area contributed by atoms with Crippen LogP contribution in [0.25, 0.3) is 0 Å². The van der Waals surface area contributed by atoms with E-state index in [1.165, 1.54) is 38.6 Å². The van der Waals surface area contributed by atoms with Crippen molar-refractivity contribution in [1.82, 2.24) is 5.32 Å². The molecule has 0 bridgehead atoms. The van der Waals surface area contributed by atoms with Crippen molar-refractivity contribution in [3.05, 3.63) is 0 Å². The first-order valence-corrected chi connectivity index (χ1v) is 6.24. The van der Waals surface area contributed by atoms with Gasteiger partial charge in [0, 0.05) is 6.04 Å². The second-order valence-corrected chi connectivity index (χ2v) is 6.09. The Hall–Kier alpha value is -0.0400. The third-order valence-electron chi connectivity index (χ3n) is 2.86. The highest BCUT2D eigenvalue weighted by Gasteiger charge is 2.27. The summed E-state index contributed by atoms with van der Waals surface area (Å²) in [5.41, 5.74) is 0.473. The normalized spacial score (nSPS) is 19.7. The molecule has 0 heterocycles. The summed E-state index contributed by atoms with van der Waals surface area (Å²) >= 11 is 0. The van der Waals surface area contributed by atoms with Crippen molar-refractivity contribution in [3.63, 3.8) is 0 Å². The molecule has 14 heavy (non-hydrogen) atoms. The van der Waals surface area contributed by atoms with Crippen LogP contribution < -0.4 is 5.32 Å². The van der Waals surface area contributed by atoms with Gasteiger partial charge in [-0.2, -0.15) is 0 Å². The van der Waals surface area contributed by atoms with Crippen molar-refractivity contribution >= 4 is 0 Å². The smallest absolute Gasteiger partial charge is 0.00746 e. The van der Waals surface area contributed by atoms with Gasteiger partial charge in [-0.1, -0.05) is 40.5 Å². The first kappa shape index (κ1) is 12.0. The van der Waals surface area contributed by atoms with Gasteiger partial charge in [0.25, 0.3) is 0 Å². The molecule has 1 rings (SSSR count). The van der Waals surface area contributed by atoms with Crippen LogP contribution in [-0.2, 0) is 0 Å². The summed E-state index contributed by atoms with van der Waals surface area (Å²) < 4.78 is 0. The highest BCUT2D eigenvalue weighted by Crippen LogP contribution is 2.35. The van der Waals surface area contributed by atoms with Crippen molar-refractivity contribution < 1.29 is 0 Å². The van der Waals surface area contributed by atoms with Crippen molar-refractivity contribution in [2.45, 2.75) is 65.8 Å². The molecule has 1 aliphatic carbocycles.